The molecule has 0 fully saturated rings. The molecule has 4 N–H and O–H groups in total. The van der Waals surface area contributed by atoms with Crippen LogP contribution in [0.5, 0.6) is 0 Å². The summed E-state index contributed by atoms with van der Waals surface area (Å²) in [5.41, 5.74) is 0.104. The van der Waals surface area contributed by atoms with E-state index in [4.69, 9.17) is 9.66 Å². The molecule has 0 aliphatic heterocycles. The zero-order valence-electron chi connectivity index (χ0n) is 15.3. The molecule has 2 aromatic rings. The first-order valence-electron chi connectivity index (χ1n) is 7.00. The third-order valence-corrected chi connectivity index (χ3v) is 6.37. The molecule has 148 valence electrons. The predicted molar refractivity (Wildman–Crippen MR) is 107 cm³/mol. The minimum atomic E-state index is -4.96. The van der Waals surface area contributed by atoms with Gasteiger partial charge in [-0.2, -0.15) is 8.42 Å². The third-order valence-electron chi connectivity index (χ3n) is 3.11. The van der Waals surface area contributed by atoms with E-state index in [9.17, 15) is 26.4 Å². The molecule has 0 aliphatic rings. The number of rotatable bonds is 8. The van der Waals surface area contributed by atoms with Crippen molar-refractivity contribution < 1.29 is 36.1 Å². The van der Waals surface area contributed by atoms with Crippen LogP contribution in [0.15, 0.2) is 40.7 Å². The van der Waals surface area contributed by atoms with Crippen molar-refractivity contribution in [2.24, 2.45) is 0 Å². The third kappa shape index (κ3) is 8.61. The van der Waals surface area contributed by atoms with Gasteiger partial charge in [0.05, 0.1) is 11.3 Å². The predicted octanol–water partition coefficient (Wildman–Crippen LogP) is -0.148. The molecule has 0 saturated carbocycles. The van der Waals surface area contributed by atoms with E-state index in [0.29, 0.717) is 0 Å². The summed E-state index contributed by atoms with van der Waals surface area (Å²) in [6, 6.07) is 4.83. The molecular formula is C13H13N3Na2O8S3. The number of carboxylic acids is 1. The number of thiazole rings is 1. The molecule has 16 heteroatoms. The summed E-state index contributed by atoms with van der Waals surface area (Å²) < 4.78 is 57.4. The molecule has 1 aromatic carbocycles. The van der Waals surface area contributed by atoms with E-state index in [1.54, 1.807) is 5.38 Å². The van der Waals surface area contributed by atoms with Gasteiger partial charge in [0.2, 0.25) is 5.91 Å². The van der Waals surface area contributed by atoms with Gasteiger partial charge in [-0.1, -0.05) is 0 Å². The number of carboxylic acid groups (broad SMARTS) is 1. The van der Waals surface area contributed by atoms with Crippen molar-refractivity contribution in [2.45, 2.75) is 16.6 Å². The summed E-state index contributed by atoms with van der Waals surface area (Å²) in [5.74, 6) is -2.86. The molecule has 11 nitrogen and oxygen atoms in total. The number of nitrogens with zero attached hydrogens (tertiary/aromatic N) is 1. The molecule has 2 rings (SSSR count). The summed E-state index contributed by atoms with van der Waals surface area (Å²) in [7, 11) is -8.84. The van der Waals surface area contributed by atoms with Crippen LogP contribution in [0.25, 0.3) is 0 Å². The summed E-state index contributed by atoms with van der Waals surface area (Å²) >= 11 is 1.09. The van der Waals surface area contributed by atoms with Crippen molar-refractivity contribution in [1.82, 2.24) is 4.98 Å². The van der Waals surface area contributed by atoms with E-state index >= 15 is 0 Å². The van der Waals surface area contributed by atoms with Crippen LogP contribution in [0.3, 0.4) is 0 Å². The Morgan fingerprint density at radius 2 is 1.69 bits per heavy atom. The van der Waals surface area contributed by atoms with Crippen LogP contribution in [-0.2, 0) is 29.7 Å². The Bertz CT molecular complexity index is 1040. The standard InChI is InChI=1S/C13H13N3O8S3.2Na/c17-11(7-10(12(18)19)27(22,23)24)15-8-1-3-9(4-2-8)26(20,21)16-13-14-5-6-25-13;;/h1-6,10H,7H2,(H,14,16)(H,15,17)(H,18,19)(H,22,23,24);;. The number of aliphatic carboxylic acids is 1. The zero-order chi connectivity index (χ0) is 20.2. The number of hydrogen-bond donors (Lipinski definition) is 4. The fourth-order valence-corrected chi connectivity index (χ4v) is 4.27. The second-order valence-corrected chi connectivity index (χ2v) is 9.24. The van der Waals surface area contributed by atoms with Crippen molar-refractivity contribution >= 4 is 113 Å². The van der Waals surface area contributed by atoms with Gasteiger partial charge in [-0.25, -0.2) is 13.4 Å². The van der Waals surface area contributed by atoms with Crippen LogP contribution in [0, 0.1) is 0 Å². The van der Waals surface area contributed by atoms with Crippen LogP contribution >= 0.6 is 11.3 Å². The molecule has 1 aromatic heterocycles. The monoisotopic (exact) mass is 481 g/mol. The zero-order valence-corrected chi connectivity index (χ0v) is 21.7. The van der Waals surface area contributed by atoms with E-state index in [1.807, 2.05) is 0 Å². The number of hydrogen-bond acceptors (Lipinski definition) is 8. The van der Waals surface area contributed by atoms with E-state index in [-0.39, 0.29) is 74.8 Å². The van der Waals surface area contributed by atoms with Crippen molar-refractivity contribution in [3.63, 3.8) is 0 Å². The van der Waals surface area contributed by atoms with Crippen molar-refractivity contribution in [2.75, 3.05) is 10.0 Å². The first-order chi connectivity index (χ1) is 12.5. The first kappa shape index (κ1) is 28.5. The Balaban J connectivity index is 0.00000392. The fourth-order valence-electron chi connectivity index (χ4n) is 1.87. The minimum Gasteiger partial charge on any atom is -0.480 e. The maximum absolute atomic E-state index is 12.2. The molecule has 0 bridgehead atoms. The second-order valence-electron chi connectivity index (χ2n) is 5.06. The Morgan fingerprint density at radius 1 is 1.10 bits per heavy atom. The molecule has 1 unspecified atom stereocenters. The minimum absolute atomic E-state index is 0. The second kappa shape index (κ2) is 11.7. The van der Waals surface area contributed by atoms with Gasteiger partial charge in [0, 0.05) is 76.4 Å². The van der Waals surface area contributed by atoms with Gasteiger partial charge >= 0.3 is 5.97 Å². The number of nitrogens with one attached hydrogen (secondary N) is 2. The molecule has 0 aliphatic carbocycles. The van der Waals surface area contributed by atoms with E-state index in [0.717, 1.165) is 11.3 Å². The largest absolute Gasteiger partial charge is 0.480 e. The Kier molecular flexibility index (Phi) is 11.5. The molecule has 0 spiro atoms. The Hall–Kier alpha value is -0.550. The molecule has 1 amide bonds. The Morgan fingerprint density at radius 3 is 2.14 bits per heavy atom. The summed E-state index contributed by atoms with van der Waals surface area (Å²) in [6.45, 7) is 0. The summed E-state index contributed by atoms with van der Waals surface area (Å²) in [5, 5.41) is 10.4. The number of anilines is 2. The van der Waals surface area contributed by atoms with Gasteiger partial charge in [-0.05, 0) is 24.3 Å². The van der Waals surface area contributed by atoms with E-state index in [1.165, 1.54) is 30.5 Å². The number of benzene rings is 1. The molecule has 2 radical (unpaired) electrons. The number of carbonyl (C=O) groups excluding carboxylic acids is 1. The first-order valence-corrected chi connectivity index (χ1v) is 10.9. The van der Waals surface area contributed by atoms with Crippen LogP contribution in [0.2, 0.25) is 0 Å². The smallest absolute Gasteiger partial charge is 0.324 e. The fraction of sp³-hybridized carbons (Fsp3) is 0.154. The van der Waals surface area contributed by atoms with E-state index in [2.05, 4.69) is 15.0 Å². The SMILES string of the molecule is O=C(CC(C(=O)O)S(=O)(=O)O)Nc1ccc(S(=O)(=O)Nc2nccs2)cc1.[Na].[Na]. The summed E-state index contributed by atoms with van der Waals surface area (Å²) in [6.07, 6.45) is 0.415. The summed E-state index contributed by atoms with van der Waals surface area (Å²) in [4.78, 5) is 26.3. The van der Waals surface area contributed by atoms with Gasteiger partial charge < -0.3 is 10.4 Å². The average Bonchev–Trinajstić information content (AvgIpc) is 3.04. The normalized spacial score (nSPS) is 12.0. The maximum Gasteiger partial charge on any atom is 0.324 e. The van der Waals surface area contributed by atoms with Crippen molar-refractivity contribution in [1.29, 1.82) is 0 Å². The van der Waals surface area contributed by atoms with Crippen LogP contribution in [-0.4, -0.2) is 108 Å². The molecule has 0 saturated heterocycles. The van der Waals surface area contributed by atoms with Gasteiger partial charge in [-0.15, -0.1) is 11.3 Å². The molecule has 29 heavy (non-hydrogen) atoms. The van der Waals surface area contributed by atoms with Gasteiger partial charge in [0.25, 0.3) is 20.1 Å². The number of sulfonamides is 1. The number of amides is 1. The maximum atomic E-state index is 12.2. The van der Waals surface area contributed by atoms with Gasteiger partial charge in [0.1, 0.15) is 0 Å². The topological polar surface area (TPSA) is 180 Å². The molecular weight excluding hydrogens is 468 g/mol. The quantitative estimate of drug-likeness (QED) is 0.295. The average molecular weight is 481 g/mol. The number of carbonyl (C=O) groups is 2. The van der Waals surface area contributed by atoms with Gasteiger partial charge in [0.15, 0.2) is 10.4 Å². The van der Waals surface area contributed by atoms with E-state index < -0.39 is 43.7 Å². The van der Waals surface area contributed by atoms with Crippen LogP contribution in [0.1, 0.15) is 6.42 Å². The van der Waals surface area contributed by atoms with Crippen molar-refractivity contribution in [3.8, 4) is 0 Å². The molecule has 1 atom stereocenters. The van der Waals surface area contributed by atoms with Crippen LogP contribution < -0.4 is 10.0 Å². The number of aromatic nitrogens is 1. The van der Waals surface area contributed by atoms with Crippen LogP contribution in [0.4, 0.5) is 10.8 Å². The molecule has 1 heterocycles. The van der Waals surface area contributed by atoms with Crippen molar-refractivity contribution in [3.05, 3.63) is 35.8 Å². The van der Waals surface area contributed by atoms with Gasteiger partial charge in [-0.3, -0.25) is 18.9 Å². The Labute approximate surface area is 214 Å².